The van der Waals surface area contributed by atoms with Crippen LogP contribution in [0.25, 0.3) is 0 Å². The molecule has 1 aromatic carbocycles. The number of hydrogen-bond donors (Lipinski definition) is 2. The Labute approximate surface area is 117 Å². The Kier molecular flexibility index (Phi) is 4.42. The maximum absolute atomic E-state index is 13.0. The van der Waals surface area contributed by atoms with E-state index >= 15 is 0 Å². The van der Waals surface area contributed by atoms with Crippen LogP contribution in [-0.2, 0) is 4.79 Å². The maximum atomic E-state index is 13.0. The number of rotatable bonds is 3. The first kappa shape index (κ1) is 14.3. The molecule has 1 aromatic rings. The second-order valence-electron chi connectivity index (χ2n) is 5.17. The largest absolute Gasteiger partial charge is 0.349 e. The Balaban J connectivity index is 2.00. The van der Waals surface area contributed by atoms with Gasteiger partial charge in [0.05, 0.1) is 6.04 Å². The highest BCUT2D eigenvalue weighted by Crippen LogP contribution is 2.27. The molecule has 104 valence electrons. The van der Waals surface area contributed by atoms with Crippen LogP contribution in [0.4, 0.5) is 4.39 Å². The molecular formula is C14H18ClFN2O. The summed E-state index contributed by atoms with van der Waals surface area (Å²) in [6.07, 6.45) is 2.45. The summed E-state index contributed by atoms with van der Waals surface area (Å²) in [5.41, 5.74) is 6.52. The van der Waals surface area contributed by atoms with Gasteiger partial charge in [-0.3, -0.25) is 4.79 Å². The van der Waals surface area contributed by atoms with Crippen LogP contribution >= 0.6 is 11.6 Å². The molecule has 3 N–H and O–H groups in total. The molecule has 0 aromatic heterocycles. The van der Waals surface area contributed by atoms with Crippen LogP contribution in [0.15, 0.2) is 18.2 Å². The zero-order valence-electron chi connectivity index (χ0n) is 10.8. The molecule has 0 bridgehead atoms. The molecule has 0 heterocycles. The molecule has 0 saturated heterocycles. The van der Waals surface area contributed by atoms with Crippen molar-refractivity contribution in [3.05, 3.63) is 34.6 Å². The van der Waals surface area contributed by atoms with E-state index in [1.165, 1.54) is 12.1 Å². The lowest BCUT2D eigenvalue weighted by atomic mass is 10.0. The van der Waals surface area contributed by atoms with Crippen molar-refractivity contribution in [3.8, 4) is 0 Å². The number of halogens is 2. The first-order valence-electron chi connectivity index (χ1n) is 6.48. The molecule has 1 amide bonds. The van der Waals surface area contributed by atoms with Crippen molar-refractivity contribution in [1.82, 2.24) is 5.32 Å². The van der Waals surface area contributed by atoms with Gasteiger partial charge < -0.3 is 11.1 Å². The summed E-state index contributed by atoms with van der Waals surface area (Å²) in [6.45, 7) is 1.84. The quantitative estimate of drug-likeness (QED) is 0.897. The van der Waals surface area contributed by atoms with Crippen molar-refractivity contribution in [2.45, 2.75) is 38.3 Å². The van der Waals surface area contributed by atoms with E-state index in [4.69, 9.17) is 17.3 Å². The van der Waals surface area contributed by atoms with E-state index in [0.717, 1.165) is 24.8 Å². The van der Waals surface area contributed by atoms with E-state index in [2.05, 4.69) is 5.32 Å². The molecule has 1 saturated carbocycles. The molecule has 0 aliphatic heterocycles. The summed E-state index contributed by atoms with van der Waals surface area (Å²) >= 11 is 5.98. The monoisotopic (exact) mass is 284 g/mol. The van der Waals surface area contributed by atoms with Gasteiger partial charge in [-0.25, -0.2) is 4.39 Å². The fourth-order valence-corrected chi connectivity index (χ4v) is 2.85. The zero-order valence-corrected chi connectivity index (χ0v) is 11.6. The van der Waals surface area contributed by atoms with Crippen LogP contribution in [-0.4, -0.2) is 11.9 Å². The third kappa shape index (κ3) is 3.45. The Hall–Kier alpha value is -1.13. The van der Waals surface area contributed by atoms with Gasteiger partial charge in [0.2, 0.25) is 5.91 Å². The summed E-state index contributed by atoms with van der Waals surface area (Å²) in [4.78, 5) is 12.1. The molecule has 1 fully saturated rings. The van der Waals surface area contributed by atoms with Gasteiger partial charge in [-0.1, -0.05) is 17.7 Å². The molecule has 1 aliphatic rings. The molecule has 3 unspecified atom stereocenters. The number of benzene rings is 1. The molecule has 3 atom stereocenters. The van der Waals surface area contributed by atoms with Gasteiger partial charge in [-0.15, -0.1) is 0 Å². The molecule has 3 nitrogen and oxygen atoms in total. The second-order valence-corrected chi connectivity index (χ2v) is 5.57. The highest BCUT2D eigenvalue weighted by molar-refractivity contribution is 6.31. The summed E-state index contributed by atoms with van der Waals surface area (Å²) in [7, 11) is 0. The lowest BCUT2D eigenvalue weighted by Gasteiger charge is -2.18. The maximum Gasteiger partial charge on any atom is 0.223 e. The van der Waals surface area contributed by atoms with Gasteiger partial charge in [0.15, 0.2) is 0 Å². The van der Waals surface area contributed by atoms with E-state index < -0.39 is 0 Å². The van der Waals surface area contributed by atoms with Gasteiger partial charge in [0.1, 0.15) is 5.82 Å². The predicted molar refractivity (Wildman–Crippen MR) is 73.3 cm³/mol. The summed E-state index contributed by atoms with van der Waals surface area (Å²) in [5, 5.41) is 3.25. The molecule has 5 heteroatoms. The minimum atomic E-state index is -0.381. The van der Waals surface area contributed by atoms with E-state index in [-0.39, 0.29) is 29.7 Å². The minimum absolute atomic E-state index is 0.000779. The number of nitrogens with one attached hydrogen (secondary N) is 1. The fraction of sp³-hybridized carbons (Fsp3) is 0.500. The fourth-order valence-electron chi connectivity index (χ4n) is 2.52. The van der Waals surface area contributed by atoms with Crippen molar-refractivity contribution in [2.75, 3.05) is 0 Å². The van der Waals surface area contributed by atoms with E-state index in [0.29, 0.717) is 5.02 Å². The first-order valence-corrected chi connectivity index (χ1v) is 6.86. The van der Waals surface area contributed by atoms with Gasteiger partial charge in [0, 0.05) is 17.0 Å². The summed E-state index contributed by atoms with van der Waals surface area (Å²) in [6, 6.07) is 4.08. The standard InChI is InChI=1S/C14H18ClFN2O/c1-8(12-5-3-10(16)7-13(12)15)18-14(19)9-2-4-11(17)6-9/h3,5,7-9,11H,2,4,6,17H2,1H3,(H,18,19). The zero-order chi connectivity index (χ0) is 14.0. The Morgan fingerprint density at radius 3 is 2.84 bits per heavy atom. The number of nitrogens with two attached hydrogens (primary N) is 1. The van der Waals surface area contributed by atoms with E-state index in [1.807, 2.05) is 6.92 Å². The average molecular weight is 285 g/mol. The second kappa shape index (κ2) is 5.88. The van der Waals surface area contributed by atoms with Crippen LogP contribution in [0.5, 0.6) is 0 Å². The molecule has 0 radical (unpaired) electrons. The lowest BCUT2D eigenvalue weighted by molar-refractivity contribution is -0.125. The highest BCUT2D eigenvalue weighted by Gasteiger charge is 2.28. The molecule has 0 spiro atoms. The highest BCUT2D eigenvalue weighted by atomic mass is 35.5. The SMILES string of the molecule is CC(NC(=O)C1CCC(N)C1)c1ccc(F)cc1Cl. The van der Waals surface area contributed by atoms with Crippen molar-refractivity contribution in [3.63, 3.8) is 0 Å². The van der Waals surface area contributed by atoms with Crippen molar-refractivity contribution in [1.29, 1.82) is 0 Å². The summed E-state index contributed by atoms with van der Waals surface area (Å²) < 4.78 is 13.0. The van der Waals surface area contributed by atoms with Gasteiger partial charge in [-0.2, -0.15) is 0 Å². The van der Waals surface area contributed by atoms with Crippen molar-refractivity contribution < 1.29 is 9.18 Å². The minimum Gasteiger partial charge on any atom is -0.349 e. The molecular weight excluding hydrogens is 267 g/mol. The van der Waals surface area contributed by atoms with Crippen molar-refractivity contribution >= 4 is 17.5 Å². The van der Waals surface area contributed by atoms with E-state index in [9.17, 15) is 9.18 Å². The Bertz CT molecular complexity index is 481. The lowest BCUT2D eigenvalue weighted by Crippen LogP contribution is -2.32. The molecule has 1 aliphatic carbocycles. The van der Waals surface area contributed by atoms with Crippen LogP contribution in [0, 0.1) is 11.7 Å². The molecule has 2 rings (SSSR count). The third-order valence-corrected chi connectivity index (χ3v) is 3.96. The number of hydrogen-bond acceptors (Lipinski definition) is 2. The van der Waals surface area contributed by atoms with Crippen molar-refractivity contribution in [2.24, 2.45) is 11.7 Å². The van der Waals surface area contributed by atoms with Gasteiger partial charge >= 0.3 is 0 Å². The third-order valence-electron chi connectivity index (χ3n) is 3.63. The summed E-state index contributed by atoms with van der Waals surface area (Å²) in [5.74, 6) is -0.397. The van der Waals surface area contributed by atoms with Crippen LogP contribution in [0.2, 0.25) is 5.02 Å². The Morgan fingerprint density at radius 1 is 1.53 bits per heavy atom. The topological polar surface area (TPSA) is 55.1 Å². The van der Waals surface area contributed by atoms with Crippen LogP contribution in [0.3, 0.4) is 0 Å². The number of amides is 1. The van der Waals surface area contributed by atoms with Gasteiger partial charge in [-0.05, 0) is 43.9 Å². The normalized spacial score (nSPS) is 24.2. The Morgan fingerprint density at radius 2 is 2.26 bits per heavy atom. The molecule has 19 heavy (non-hydrogen) atoms. The number of carbonyl (C=O) groups is 1. The number of carbonyl (C=O) groups excluding carboxylic acids is 1. The van der Waals surface area contributed by atoms with E-state index in [1.54, 1.807) is 6.07 Å². The smallest absolute Gasteiger partial charge is 0.223 e. The predicted octanol–water partition coefficient (Wildman–Crippen LogP) is 2.78. The first-order chi connectivity index (χ1) is 8.97. The van der Waals surface area contributed by atoms with Crippen LogP contribution < -0.4 is 11.1 Å². The van der Waals surface area contributed by atoms with Gasteiger partial charge in [0.25, 0.3) is 0 Å². The van der Waals surface area contributed by atoms with Crippen LogP contribution in [0.1, 0.15) is 37.8 Å². The average Bonchev–Trinajstić information content (AvgIpc) is 2.75.